The van der Waals surface area contributed by atoms with Gasteiger partial charge in [-0.3, -0.25) is 4.99 Å². The maximum Gasteiger partial charge on any atom is 0.190 e. The molecule has 128 valence electrons. The highest BCUT2D eigenvalue weighted by Gasteiger charge is 2.34. The van der Waals surface area contributed by atoms with E-state index in [-0.39, 0.29) is 12.0 Å². The monoisotopic (exact) mass is 311 g/mol. The molecule has 0 amide bonds. The SMILES string of the molecule is CN=C(NCCC1CCCCC1)NCC1(CCO)CCOC1. The van der Waals surface area contributed by atoms with Crippen LogP contribution in [0.4, 0.5) is 0 Å². The molecule has 5 nitrogen and oxygen atoms in total. The van der Waals surface area contributed by atoms with Gasteiger partial charge in [-0.15, -0.1) is 0 Å². The first-order valence-corrected chi connectivity index (χ1v) is 8.91. The Morgan fingerprint density at radius 2 is 2.09 bits per heavy atom. The van der Waals surface area contributed by atoms with Gasteiger partial charge in [-0.25, -0.2) is 0 Å². The molecule has 1 aliphatic carbocycles. The van der Waals surface area contributed by atoms with E-state index in [0.717, 1.165) is 51.0 Å². The van der Waals surface area contributed by atoms with E-state index < -0.39 is 0 Å². The average molecular weight is 311 g/mol. The molecular weight excluding hydrogens is 278 g/mol. The Hall–Kier alpha value is -0.810. The van der Waals surface area contributed by atoms with Crippen molar-refractivity contribution in [2.45, 2.75) is 51.4 Å². The predicted molar refractivity (Wildman–Crippen MR) is 90.1 cm³/mol. The second-order valence-electron chi connectivity index (χ2n) is 6.92. The van der Waals surface area contributed by atoms with Crippen molar-refractivity contribution in [2.75, 3.05) is 40.0 Å². The number of hydrogen-bond donors (Lipinski definition) is 3. The van der Waals surface area contributed by atoms with Gasteiger partial charge in [0.15, 0.2) is 5.96 Å². The number of nitrogens with one attached hydrogen (secondary N) is 2. The van der Waals surface area contributed by atoms with E-state index in [2.05, 4.69) is 15.6 Å². The number of aliphatic imine (C=N–C) groups is 1. The zero-order valence-electron chi connectivity index (χ0n) is 14.1. The summed E-state index contributed by atoms with van der Waals surface area (Å²) in [4.78, 5) is 4.31. The standard InChI is InChI=1S/C17H33N3O2/c1-18-16(19-10-7-15-5-3-2-4-6-15)20-13-17(8-11-21)9-12-22-14-17/h15,21H,2-14H2,1H3,(H2,18,19,20). The minimum atomic E-state index is 0.0652. The fraction of sp³-hybridized carbons (Fsp3) is 0.941. The fourth-order valence-electron chi connectivity index (χ4n) is 3.67. The molecule has 1 aliphatic heterocycles. The minimum absolute atomic E-state index is 0.0652. The second kappa shape index (κ2) is 9.36. The summed E-state index contributed by atoms with van der Waals surface area (Å²) in [5, 5.41) is 16.1. The van der Waals surface area contributed by atoms with E-state index in [1.54, 1.807) is 0 Å². The third kappa shape index (κ3) is 5.43. The molecule has 0 aromatic rings. The fourth-order valence-corrected chi connectivity index (χ4v) is 3.67. The van der Waals surface area contributed by atoms with Gasteiger partial charge in [0.1, 0.15) is 0 Å². The first-order valence-electron chi connectivity index (χ1n) is 8.91. The number of rotatable bonds is 7. The molecule has 1 atom stereocenters. The largest absolute Gasteiger partial charge is 0.396 e. The number of hydrogen-bond acceptors (Lipinski definition) is 3. The van der Waals surface area contributed by atoms with Crippen molar-refractivity contribution < 1.29 is 9.84 Å². The molecule has 2 fully saturated rings. The molecule has 22 heavy (non-hydrogen) atoms. The van der Waals surface area contributed by atoms with Crippen molar-refractivity contribution in [1.82, 2.24) is 10.6 Å². The summed E-state index contributed by atoms with van der Waals surface area (Å²) < 4.78 is 5.53. The molecule has 0 radical (unpaired) electrons. The molecule has 1 saturated carbocycles. The zero-order valence-corrected chi connectivity index (χ0v) is 14.1. The van der Waals surface area contributed by atoms with E-state index >= 15 is 0 Å². The lowest BCUT2D eigenvalue weighted by Gasteiger charge is -2.28. The van der Waals surface area contributed by atoms with Gasteiger partial charge in [0, 0.05) is 38.8 Å². The van der Waals surface area contributed by atoms with Crippen molar-refractivity contribution in [3.8, 4) is 0 Å². The number of nitrogens with zero attached hydrogens (tertiary/aromatic N) is 1. The molecule has 5 heteroatoms. The highest BCUT2D eigenvalue weighted by Crippen LogP contribution is 2.31. The van der Waals surface area contributed by atoms with Crippen molar-refractivity contribution in [2.24, 2.45) is 16.3 Å². The maximum atomic E-state index is 9.27. The van der Waals surface area contributed by atoms with Gasteiger partial charge in [-0.1, -0.05) is 32.1 Å². The molecule has 0 aromatic heterocycles. The Bertz CT molecular complexity index is 335. The van der Waals surface area contributed by atoms with Crippen LogP contribution >= 0.6 is 0 Å². The van der Waals surface area contributed by atoms with Gasteiger partial charge in [-0.2, -0.15) is 0 Å². The van der Waals surface area contributed by atoms with E-state index in [1.165, 1.54) is 38.5 Å². The van der Waals surface area contributed by atoms with Crippen molar-refractivity contribution in [3.05, 3.63) is 0 Å². The molecule has 0 bridgehead atoms. The molecule has 1 saturated heterocycles. The van der Waals surface area contributed by atoms with Crippen LogP contribution in [0.2, 0.25) is 0 Å². The van der Waals surface area contributed by atoms with Crippen LogP contribution in [0, 0.1) is 11.3 Å². The Morgan fingerprint density at radius 3 is 2.73 bits per heavy atom. The highest BCUT2D eigenvalue weighted by atomic mass is 16.5. The van der Waals surface area contributed by atoms with Gasteiger partial charge >= 0.3 is 0 Å². The molecule has 1 heterocycles. The van der Waals surface area contributed by atoms with Crippen LogP contribution in [-0.4, -0.2) is 51.0 Å². The van der Waals surface area contributed by atoms with Crippen molar-refractivity contribution >= 4 is 5.96 Å². The van der Waals surface area contributed by atoms with E-state index in [4.69, 9.17) is 4.74 Å². The first kappa shape index (κ1) is 17.5. The summed E-state index contributed by atoms with van der Waals surface area (Å²) in [6.45, 7) is 3.57. The molecule has 1 unspecified atom stereocenters. The van der Waals surface area contributed by atoms with Crippen molar-refractivity contribution in [1.29, 1.82) is 0 Å². The Kier molecular flexibility index (Phi) is 7.46. The lowest BCUT2D eigenvalue weighted by molar-refractivity contribution is 0.127. The van der Waals surface area contributed by atoms with Crippen molar-refractivity contribution in [3.63, 3.8) is 0 Å². The number of aliphatic hydroxyl groups excluding tert-OH is 1. The van der Waals surface area contributed by atoms with Gasteiger partial charge < -0.3 is 20.5 Å². The van der Waals surface area contributed by atoms with Crippen LogP contribution in [0.15, 0.2) is 4.99 Å². The normalized spacial score (nSPS) is 27.1. The number of ether oxygens (including phenoxy) is 1. The summed E-state index contributed by atoms with van der Waals surface area (Å²) in [7, 11) is 1.82. The zero-order chi connectivity index (χ0) is 15.7. The number of aliphatic hydroxyl groups is 1. The van der Waals surface area contributed by atoms with Gasteiger partial charge in [0.25, 0.3) is 0 Å². The van der Waals surface area contributed by atoms with E-state index in [0.29, 0.717) is 0 Å². The Labute approximate surface area is 134 Å². The van der Waals surface area contributed by atoms with Crippen LogP contribution in [0.1, 0.15) is 51.4 Å². The molecule has 0 aromatic carbocycles. The average Bonchev–Trinajstić information content (AvgIpc) is 3.01. The smallest absolute Gasteiger partial charge is 0.190 e. The van der Waals surface area contributed by atoms with E-state index in [1.807, 2.05) is 7.05 Å². The molecule has 0 spiro atoms. The summed E-state index contributed by atoms with van der Waals surface area (Å²) >= 11 is 0. The van der Waals surface area contributed by atoms with Crippen LogP contribution in [0.25, 0.3) is 0 Å². The van der Waals surface area contributed by atoms with Crippen LogP contribution < -0.4 is 10.6 Å². The molecule has 3 N–H and O–H groups in total. The highest BCUT2D eigenvalue weighted by molar-refractivity contribution is 5.79. The third-order valence-electron chi connectivity index (χ3n) is 5.25. The molecular formula is C17H33N3O2. The number of guanidine groups is 1. The maximum absolute atomic E-state index is 9.27. The van der Waals surface area contributed by atoms with Crippen LogP contribution in [0.3, 0.4) is 0 Å². The lowest BCUT2D eigenvalue weighted by atomic mass is 9.84. The predicted octanol–water partition coefficient (Wildman–Crippen LogP) is 1.91. The quantitative estimate of drug-likeness (QED) is 0.496. The molecule has 2 rings (SSSR count). The van der Waals surface area contributed by atoms with E-state index in [9.17, 15) is 5.11 Å². The summed E-state index contributed by atoms with van der Waals surface area (Å²) in [6.07, 6.45) is 10.1. The van der Waals surface area contributed by atoms with Gasteiger partial charge in [-0.05, 0) is 25.2 Å². The van der Waals surface area contributed by atoms with Crippen LogP contribution in [-0.2, 0) is 4.74 Å². The third-order valence-corrected chi connectivity index (χ3v) is 5.25. The topological polar surface area (TPSA) is 65.9 Å². The van der Waals surface area contributed by atoms with Crippen LogP contribution in [0.5, 0.6) is 0 Å². The Balaban J connectivity index is 1.68. The summed E-state index contributed by atoms with van der Waals surface area (Å²) in [5.41, 5.74) is 0.0652. The van der Waals surface area contributed by atoms with Gasteiger partial charge in [0.2, 0.25) is 0 Å². The second-order valence-corrected chi connectivity index (χ2v) is 6.92. The molecule has 2 aliphatic rings. The van der Waals surface area contributed by atoms with Gasteiger partial charge in [0.05, 0.1) is 6.61 Å². The summed E-state index contributed by atoms with van der Waals surface area (Å²) in [5.74, 6) is 1.77. The minimum Gasteiger partial charge on any atom is -0.396 e. The summed E-state index contributed by atoms with van der Waals surface area (Å²) in [6, 6.07) is 0. The lowest BCUT2D eigenvalue weighted by Crippen LogP contribution is -2.45. The first-order chi connectivity index (χ1) is 10.8. The Morgan fingerprint density at radius 1 is 1.27 bits per heavy atom.